The van der Waals surface area contributed by atoms with Crippen molar-refractivity contribution in [3.05, 3.63) is 22.7 Å². The van der Waals surface area contributed by atoms with Gasteiger partial charge in [0.25, 0.3) is 0 Å². The number of hydrogen-bond donors (Lipinski definition) is 2. The van der Waals surface area contributed by atoms with Gasteiger partial charge in [0.2, 0.25) is 0 Å². The van der Waals surface area contributed by atoms with Crippen molar-refractivity contribution in [2.24, 2.45) is 5.92 Å². The van der Waals surface area contributed by atoms with Gasteiger partial charge in [0.05, 0.1) is 10.7 Å². The third-order valence-corrected chi connectivity index (χ3v) is 3.26. The van der Waals surface area contributed by atoms with Crippen LogP contribution in [0.2, 0.25) is 5.02 Å². The van der Waals surface area contributed by atoms with Crippen molar-refractivity contribution in [2.45, 2.75) is 40.2 Å². The third-order valence-electron chi connectivity index (χ3n) is 2.93. The van der Waals surface area contributed by atoms with Gasteiger partial charge >= 0.3 is 0 Å². The molecule has 1 atom stereocenters. The van der Waals surface area contributed by atoms with Crippen LogP contribution in [0.4, 0.5) is 11.4 Å². The summed E-state index contributed by atoms with van der Waals surface area (Å²) >= 11 is 6.03. The van der Waals surface area contributed by atoms with Gasteiger partial charge < -0.3 is 11.1 Å². The Morgan fingerprint density at radius 3 is 2.50 bits per heavy atom. The molecule has 0 fully saturated rings. The van der Waals surface area contributed by atoms with E-state index in [0.29, 0.717) is 22.7 Å². The average molecular weight is 241 g/mol. The fraction of sp³-hybridized carbons (Fsp3) is 0.538. The van der Waals surface area contributed by atoms with Gasteiger partial charge in [-0.15, -0.1) is 0 Å². The molecule has 0 bridgehead atoms. The molecule has 0 radical (unpaired) electrons. The van der Waals surface area contributed by atoms with Gasteiger partial charge in [-0.05, 0) is 37.0 Å². The second kappa shape index (κ2) is 5.44. The maximum atomic E-state index is 6.03. The first-order valence-electron chi connectivity index (χ1n) is 5.77. The summed E-state index contributed by atoms with van der Waals surface area (Å²) in [6, 6.07) is 4.30. The normalized spacial score (nSPS) is 12.9. The quantitative estimate of drug-likeness (QED) is 0.779. The molecule has 0 amide bonds. The first-order chi connectivity index (χ1) is 7.45. The molecule has 0 saturated carbocycles. The lowest BCUT2D eigenvalue weighted by molar-refractivity contribution is 0.511. The summed E-state index contributed by atoms with van der Waals surface area (Å²) in [5, 5.41) is 4.14. The van der Waals surface area contributed by atoms with Crippen molar-refractivity contribution in [1.82, 2.24) is 0 Å². The van der Waals surface area contributed by atoms with E-state index >= 15 is 0 Å². The van der Waals surface area contributed by atoms with Crippen LogP contribution in [0.5, 0.6) is 0 Å². The van der Waals surface area contributed by atoms with Crippen LogP contribution >= 0.6 is 11.6 Å². The number of nitrogens with one attached hydrogen (secondary N) is 1. The Labute approximate surface area is 103 Å². The van der Waals surface area contributed by atoms with Gasteiger partial charge in [-0.25, -0.2) is 0 Å². The summed E-state index contributed by atoms with van der Waals surface area (Å²) in [7, 11) is 0. The number of halogens is 1. The molecule has 1 rings (SSSR count). The number of hydrogen-bond acceptors (Lipinski definition) is 2. The Morgan fingerprint density at radius 1 is 1.38 bits per heavy atom. The molecular formula is C13H21ClN2. The number of nitrogens with two attached hydrogens (primary N) is 1. The topological polar surface area (TPSA) is 38.0 Å². The summed E-state index contributed by atoms with van der Waals surface area (Å²) < 4.78 is 0. The van der Waals surface area contributed by atoms with Gasteiger partial charge in [-0.2, -0.15) is 0 Å². The van der Waals surface area contributed by atoms with Crippen LogP contribution in [0.15, 0.2) is 12.1 Å². The maximum absolute atomic E-state index is 6.03. The molecule has 0 aliphatic heterocycles. The Morgan fingerprint density at radius 2 is 2.00 bits per heavy atom. The molecule has 3 heteroatoms. The average Bonchev–Trinajstić information content (AvgIpc) is 2.21. The molecule has 0 spiro atoms. The lowest BCUT2D eigenvalue weighted by Crippen LogP contribution is -2.25. The number of benzene rings is 1. The zero-order valence-corrected chi connectivity index (χ0v) is 11.2. The van der Waals surface area contributed by atoms with Gasteiger partial charge in [-0.3, -0.25) is 0 Å². The molecule has 0 aliphatic carbocycles. The molecular weight excluding hydrogens is 220 g/mol. The molecule has 0 aromatic heterocycles. The highest BCUT2D eigenvalue weighted by atomic mass is 35.5. The lowest BCUT2D eigenvalue weighted by atomic mass is 10.0. The summed E-state index contributed by atoms with van der Waals surface area (Å²) in [5.41, 5.74) is 8.62. The zero-order chi connectivity index (χ0) is 12.3. The zero-order valence-electron chi connectivity index (χ0n) is 10.5. The molecule has 0 heterocycles. The molecule has 90 valence electrons. The number of aryl methyl sites for hydroxylation is 1. The van der Waals surface area contributed by atoms with Crippen molar-refractivity contribution < 1.29 is 0 Å². The molecule has 0 saturated heterocycles. The highest BCUT2D eigenvalue weighted by Crippen LogP contribution is 2.28. The van der Waals surface area contributed by atoms with Crippen LogP contribution in [0.25, 0.3) is 0 Å². The largest absolute Gasteiger partial charge is 0.398 e. The van der Waals surface area contributed by atoms with Crippen molar-refractivity contribution in [2.75, 3.05) is 11.1 Å². The SMILES string of the molecule is CCC(Nc1cc(Cl)c(N)cc1C)C(C)C. The lowest BCUT2D eigenvalue weighted by Gasteiger charge is -2.23. The minimum Gasteiger partial charge on any atom is -0.398 e. The van der Waals surface area contributed by atoms with Crippen LogP contribution in [-0.2, 0) is 0 Å². The fourth-order valence-electron chi connectivity index (χ4n) is 1.80. The number of rotatable bonds is 4. The van der Waals surface area contributed by atoms with E-state index in [0.717, 1.165) is 17.7 Å². The fourth-order valence-corrected chi connectivity index (χ4v) is 1.96. The summed E-state index contributed by atoms with van der Waals surface area (Å²) in [5.74, 6) is 0.598. The van der Waals surface area contributed by atoms with Crippen LogP contribution in [0.3, 0.4) is 0 Å². The second-order valence-corrected chi connectivity index (χ2v) is 5.00. The number of anilines is 2. The second-order valence-electron chi connectivity index (χ2n) is 4.59. The van der Waals surface area contributed by atoms with Gasteiger partial charge in [0.15, 0.2) is 0 Å². The van der Waals surface area contributed by atoms with Crippen molar-refractivity contribution in [1.29, 1.82) is 0 Å². The predicted octanol–water partition coefficient (Wildman–Crippen LogP) is 4.08. The Balaban J connectivity index is 2.92. The molecule has 0 aliphatic rings. The highest BCUT2D eigenvalue weighted by Gasteiger charge is 2.12. The van der Waals surface area contributed by atoms with E-state index < -0.39 is 0 Å². The minimum absolute atomic E-state index is 0.471. The first-order valence-corrected chi connectivity index (χ1v) is 6.15. The van der Waals surface area contributed by atoms with Crippen LogP contribution < -0.4 is 11.1 Å². The summed E-state index contributed by atoms with van der Waals surface area (Å²) in [6.07, 6.45) is 1.10. The van der Waals surface area contributed by atoms with Crippen molar-refractivity contribution in [3.63, 3.8) is 0 Å². The summed E-state index contributed by atoms with van der Waals surface area (Å²) in [4.78, 5) is 0. The Bertz CT molecular complexity index is 361. The molecule has 1 unspecified atom stereocenters. The highest BCUT2D eigenvalue weighted by molar-refractivity contribution is 6.33. The molecule has 1 aromatic carbocycles. The van der Waals surface area contributed by atoms with Crippen molar-refractivity contribution >= 4 is 23.0 Å². The first kappa shape index (κ1) is 13.2. The number of nitrogen functional groups attached to an aromatic ring is 1. The third kappa shape index (κ3) is 3.05. The van der Waals surface area contributed by atoms with Gasteiger partial charge in [0.1, 0.15) is 0 Å². The Kier molecular flexibility index (Phi) is 4.48. The summed E-state index contributed by atoms with van der Waals surface area (Å²) in [6.45, 7) is 8.67. The maximum Gasteiger partial charge on any atom is 0.0656 e. The van der Waals surface area contributed by atoms with Crippen LogP contribution in [0.1, 0.15) is 32.8 Å². The van der Waals surface area contributed by atoms with E-state index in [2.05, 4.69) is 26.1 Å². The standard InChI is InChI=1S/C13H21ClN2/c1-5-12(8(2)3)16-13-7-10(14)11(15)6-9(13)4/h6-8,12,16H,5,15H2,1-4H3. The van der Waals surface area contributed by atoms with E-state index in [-0.39, 0.29) is 0 Å². The van der Waals surface area contributed by atoms with Crippen LogP contribution in [0, 0.1) is 12.8 Å². The molecule has 16 heavy (non-hydrogen) atoms. The van der Waals surface area contributed by atoms with Crippen molar-refractivity contribution in [3.8, 4) is 0 Å². The van der Waals surface area contributed by atoms with Crippen LogP contribution in [-0.4, -0.2) is 6.04 Å². The monoisotopic (exact) mass is 240 g/mol. The predicted molar refractivity (Wildman–Crippen MR) is 73.1 cm³/mol. The van der Waals surface area contributed by atoms with E-state index in [1.807, 2.05) is 19.1 Å². The van der Waals surface area contributed by atoms with Gasteiger partial charge in [-0.1, -0.05) is 32.4 Å². The van der Waals surface area contributed by atoms with E-state index in [4.69, 9.17) is 17.3 Å². The van der Waals surface area contributed by atoms with E-state index in [1.54, 1.807) is 0 Å². The molecule has 1 aromatic rings. The molecule has 3 N–H and O–H groups in total. The van der Waals surface area contributed by atoms with Gasteiger partial charge in [0, 0.05) is 11.7 Å². The Hall–Kier alpha value is -0.890. The van der Waals surface area contributed by atoms with E-state index in [1.165, 1.54) is 0 Å². The smallest absolute Gasteiger partial charge is 0.0656 e. The minimum atomic E-state index is 0.471. The molecule has 2 nitrogen and oxygen atoms in total. The van der Waals surface area contributed by atoms with E-state index in [9.17, 15) is 0 Å².